The second-order valence-electron chi connectivity index (χ2n) is 6.27. The Morgan fingerprint density at radius 1 is 1.32 bits per heavy atom. The maximum absolute atomic E-state index is 12.3. The quantitative estimate of drug-likeness (QED) is 0.829. The minimum atomic E-state index is -0.945. The largest absolute Gasteiger partial charge is 0.497 e. The zero-order valence-electron chi connectivity index (χ0n) is 14.0. The van der Waals surface area contributed by atoms with Gasteiger partial charge in [-0.2, -0.15) is 0 Å². The fourth-order valence-electron chi connectivity index (χ4n) is 3.06. The van der Waals surface area contributed by atoms with Crippen molar-refractivity contribution in [3.05, 3.63) is 30.0 Å². The Bertz CT molecular complexity index is 775. The number of hydrogen-bond acceptors (Lipinski definition) is 5. The molecule has 7 heteroatoms. The Kier molecular flexibility index (Phi) is 4.94. The van der Waals surface area contributed by atoms with E-state index >= 15 is 0 Å². The molecule has 1 aromatic carbocycles. The highest BCUT2D eigenvalue weighted by Gasteiger charge is 2.40. The van der Waals surface area contributed by atoms with Crippen LogP contribution in [0.25, 0.3) is 11.0 Å². The molecule has 134 valence electrons. The summed E-state index contributed by atoms with van der Waals surface area (Å²) in [6.45, 7) is 0.904. The highest BCUT2D eigenvalue weighted by atomic mass is 16.5. The van der Waals surface area contributed by atoms with Crippen LogP contribution in [-0.4, -0.2) is 43.9 Å². The molecule has 2 heterocycles. The number of carboxylic acid groups (broad SMARTS) is 1. The van der Waals surface area contributed by atoms with Crippen LogP contribution < -0.4 is 10.1 Å². The minimum absolute atomic E-state index is 0.105. The molecule has 0 spiro atoms. The summed E-state index contributed by atoms with van der Waals surface area (Å²) in [4.78, 5) is 23.9. The standard InChI is InChI=1S/C18H21NO6/c1-23-13-2-3-14-12(10-25-15(14)9-13)8-16(20)19-11-18(17(21)22)4-6-24-7-5-18/h2-3,9-10H,4-8,11H2,1H3,(H,19,20)(H,21,22). The number of methoxy groups -OCH3 is 1. The van der Waals surface area contributed by atoms with Gasteiger partial charge in [0.15, 0.2) is 0 Å². The topological polar surface area (TPSA) is 98.0 Å². The van der Waals surface area contributed by atoms with Crippen LogP contribution in [0.3, 0.4) is 0 Å². The number of amides is 1. The highest BCUT2D eigenvalue weighted by Crippen LogP contribution is 2.30. The van der Waals surface area contributed by atoms with Crippen LogP contribution in [0.2, 0.25) is 0 Å². The van der Waals surface area contributed by atoms with E-state index in [1.165, 1.54) is 0 Å². The van der Waals surface area contributed by atoms with Gasteiger partial charge in [0.1, 0.15) is 11.3 Å². The number of nitrogens with one attached hydrogen (secondary N) is 1. The monoisotopic (exact) mass is 347 g/mol. The first-order chi connectivity index (χ1) is 12.0. The number of fused-ring (bicyclic) bond motifs is 1. The summed E-state index contributed by atoms with van der Waals surface area (Å²) in [6.07, 6.45) is 2.48. The zero-order valence-corrected chi connectivity index (χ0v) is 14.0. The Morgan fingerprint density at radius 2 is 2.08 bits per heavy atom. The van der Waals surface area contributed by atoms with E-state index in [0.29, 0.717) is 37.4 Å². The molecule has 1 saturated heterocycles. The molecule has 0 radical (unpaired) electrons. The number of aliphatic carboxylic acids is 1. The molecule has 0 saturated carbocycles. The van der Waals surface area contributed by atoms with Gasteiger partial charge in [0.25, 0.3) is 0 Å². The Balaban J connectivity index is 1.65. The highest BCUT2D eigenvalue weighted by molar-refractivity contribution is 5.88. The van der Waals surface area contributed by atoms with Crippen LogP contribution in [0.5, 0.6) is 5.75 Å². The predicted octanol–water partition coefficient (Wildman–Crippen LogP) is 1.98. The third-order valence-electron chi connectivity index (χ3n) is 4.74. The van der Waals surface area contributed by atoms with Gasteiger partial charge in [-0.1, -0.05) is 0 Å². The second kappa shape index (κ2) is 7.14. The molecular formula is C18H21NO6. The zero-order chi connectivity index (χ0) is 17.9. The van der Waals surface area contributed by atoms with E-state index < -0.39 is 11.4 Å². The first-order valence-corrected chi connectivity index (χ1v) is 8.16. The summed E-state index contributed by atoms with van der Waals surface area (Å²) in [5.74, 6) is -0.441. The molecule has 1 aromatic heterocycles. The van der Waals surface area contributed by atoms with Crippen LogP contribution >= 0.6 is 0 Å². The smallest absolute Gasteiger partial charge is 0.311 e. The number of rotatable bonds is 6. The average Bonchev–Trinajstić information content (AvgIpc) is 3.02. The molecule has 0 bridgehead atoms. The van der Waals surface area contributed by atoms with E-state index in [9.17, 15) is 14.7 Å². The lowest BCUT2D eigenvalue weighted by atomic mass is 9.80. The number of furan rings is 1. The van der Waals surface area contributed by atoms with E-state index in [1.54, 1.807) is 25.5 Å². The van der Waals surface area contributed by atoms with Gasteiger partial charge in [0, 0.05) is 36.8 Å². The van der Waals surface area contributed by atoms with Crippen molar-refractivity contribution in [1.29, 1.82) is 0 Å². The number of carbonyl (C=O) groups is 2. The maximum Gasteiger partial charge on any atom is 0.311 e. The van der Waals surface area contributed by atoms with Crippen molar-refractivity contribution in [2.75, 3.05) is 26.9 Å². The minimum Gasteiger partial charge on any atom is -0.497 e. The molecule has 1 fully saturated rings. The third kappa shape index (κ3) is 3.61. The molecule has 2 N–H and O–H groups in total. The van der Waals surface area contributed by atoms with Gasteiger partial charge < -0.3 is 24.3 Å². The predicted molar refractivity (Wildman–Crippen MR) is 89.6 cm³/mol. The van der Waals surface area contributed by atoms with Gasteiger partial charge in [-0.25, -0.2) is 0 Å². The van der Waals surface area contributed by atoms with E-state index in [4.69, 9.17) is 13.9 Å². The molecule has 0 atom stereocenters. The number of hydrogen-bond donors (Lipinski definition) is 2. The normalized spacial score (nSPS) is 16.5. The van der Waals surface area contributed by atoms with E-state index in [1.807, 2.05) is 6.07 Å². The lowest BCUT2D eigenvalue weighted by molar-refractivity contribution is -0.154. The lowest BCUT2D eigenvalue weighted by Crippen LogP contribution is -2.46. The SMILES string of the molecule is COc1ccc2c(CC(=O)NCC3(C(=O)O)CCOCC3)coc2c1. The summed E-state index contributed by atoms with van der Waals surface area (Å²) in [5.41, 5.74) is 0.458. The number of carbonyl (C=O) groups excluding carboxylic acids is 1. The van der Waals surface area contributed by atoms with Crippen molar-refractivity contribution in [2.24, 2.45) is 5.41 Å². The summed E-state index contributed by atoms with van der Waals surface area (Å²) >= 11 is 0. The van der Waals surface area contributed by atoms with Gasteiger partial charge in [0.2, 0.25) is 5.91 Å². The van der Waals surface area contributed by atoms with Crippen LogP contribution in [0.1, 0.15) is 18.4 Å². The van der Waals surface area contributed by atoms with Crippen molar-refractivity contribution < 1.29 is 28.6 Å². The van der Waals surface area contributed by atoms with Crippen molar-refractivity contribution in [2.45, 2.75) is 19.3 Å². The van der Waals surface area contributed by atoms with Gasteiger partial charge in [-0.05, 0) is 25.0 Å². The van der Waals surface area contributed by atoms with E-state index in [0.717, 1.165) is 10.9 Å². The molecule has 7 nitrogen and oxygen atoms in total. The molecule has 0 aliphatic carbocycles. The molecule has 3 rings (SSSR count). The molecule has 0 unspecified atom stereocenters. The molecule has 2 aromatic rings. The van der Waals surface area contributed by atoms with Crippen molar-refractivity contribution in [1.82, 2.24) is 5.32 Å². The fraction of sp³-hybridized carbons (Fsp3) is 0.444. The molecular weight excluding hydrogens is 326 g/mol. The first-order valence-electron chi connectivity index (χ1n) is 8.16. The van der Waals surface area contributed by atoms with Crippen LogP contribution in [-0.2, 0) is 20.7 Å². The van der Waals surface area contributed by atoms with Crippen molar-refractivity contribution in [3.8, 4) is 5.75 Å². The van der Waals surface area contributed by atoms with Gasteiger partial charge >= 0.3 is 5.97 Å². The fourth-order valence-corrected chi connectivity index (χ4v) is 3.06. The maximum atomic E-state index is 12.3. The number of carboxylic acids is 1. The summed E-state index contributed by atoms with van der Waals surface area (Å²) in [7, 11) is 1.58. The van der Waals surface area contributed by atoms with Crippen LogP contribution in [0, 0.1) is 5.41 Å². The van der Waals surface area contributed by atoms with Crippen molar-refractivity contribution in [3.63, 3.8) is 0 Å². The summed E-state index contributed by atoms with van der Waals surface area (Å²) in [6, 6.07) is 5.41. The third-order valence-corrected chi connectivity index (χ3v) is 4.74. The molecule has 1 aliphatic rings. The Labute approximate surface area is 144 Å². The van der Waals surface area contributed by atoms with Crippen molar-refractivity contribution >= 4 is 22.8 Å². The molecule has 1 aliphatic heterocycles. The van der Waals surface area contributed by atoms with Crippen LogP contribution in [0.15, 0.2) is 28.9 Å². The number of ether oxygens (including phenoxy) is 2. The van der Waals surface area contributed by atoms with Crippen LogP contribution in [0.4, 0.5) is 0 Å². The van der Waals surface area contributed by atoms with E-state index in [2.05, 4.69) is 5.32 Å². The van der Waals surface area contributed by atoms with Gasteiger partial charge in [-0.3, -0.25) is 9.59 Å². The van der Waals surface area contributed by atoms with E-state index in [-0.39, 0.29) is 18.9 Å². The van der Waals surface area contributed by atoms with Gasteiger partial charge in [-0.15, -0.1) is 0 Å². The Hall–Kier alpha value is -2.54. The molecule has 1 amide bonds. The average molecular weight is 347 g/mol. The number of benzene rings is 1. The first kappa shape index (κ1) is 17.3. The van der Waals surface area contributed by atoms with Gasteiger partial charge in [0.05, 0.1) is 25.2 Å². The molecule has 25 heavy (non-hydrogen) atoms. The summed E-state index contributed by atoms with van der Waals surface area (Å²) < 4.78 is 15.9. The Morgan fingerprint density at radius 3 is 2.76 bits per heavy atom. The summed E-state index contributed by atoms with van der Waals surface area (Å²) in [5, 5.41) is 13.1. The lowest BCUT2D eigenvalue weighted by Gasteiger charge is -2.33. The second-order valence-corrected chi connectivity index (χ2v) is 6.27.